The molecule has 0 radical (unpaired) electrons. The molecular weight excluding hydrogens is 500 g/mol. The molecule has 0 spiro atoms. The monoisotopic (exact) mass is 542 g/mol. The number of fused-ring (bicyclic) bond motifs is 5. The lowest BCUT2D eigenvalue weighted by atomic mass is 9.44. The summed E-state index contributed by atoms with van der Waals surface area (Å²) in [5.74, 6) is 6.00. The van der Waals surface area contributed by atoms with Crippen molar-refractivity contribution in [1.82, 2.24) is 0 Å². The van der Waals surface area contributed by atoms with E-state index in [1.165, 1.54) is 51.4 Å². The van der Waals surface area contributed by atoms with Crippen LogP contribution in [-0.2, 0) is 4.79 Å². The summed E-state index contributed by atoms with van der Waals surface area (Å²) in [7, 11) is 0. The van der Waals surface area contributed by atoms with Gasteiger partial charge in [-0.05, 0) is 90.8 Å². The van der Waals surface area contributed by atoms with Crippen molar-refractivity contribution in [3.63, 3.8) is 0 Å². The van der Waals surface area contributed by atoms with Gasteiger partial charge in [-0.3, -0.25) is 4.79 Å². The zero-order valence-corrected chi connectivity index (χ0v) is 23.2. The highest BCUT2D eigenvalue weighted by molar-refractivity contribution is 9.25. The summed E-state index contributed by atoms with van der Waals surface area (Å²) < 4.78 is 0.103. The Bertz CT molecular complexity index is 657. The summed E-state index contributed by atoms with van der Waals surface area (Å²) in [4.78, 5) is 12.2. The van der Waals surface area contributed by atoms with Crippen LogP contribution in [0.3, 0.4) is 0 Å². The molecule has 0 aromatic heterocycles. The first-order valence-corrected chi connectivity index (χ1v) is 14.5. The number of carbonyl (C=O) groups is 1. The largest absolute Gasteiger partial charge is 0.300 e. The van der Waals surface area contributed by atoms with E-state index in [1.807, 2.05) is 0 Å². The van der Waals surface area contributed by atoms with Crippen LogP contribution in [0, 0.1) is 52.3 Å². The molecule has 30 heavy (non-hydrogen) atoms. The molecule has 3 heteroatoms. The first-order chi connectivity index (χ1) is 14.0. The van der Waals surface area contributed by atoms with Crippen molar-refractivity contribution in [1.29, 1.82) is 0 Å². The third-order valence-corrected chi connectivity index (χ3v) is 12.2. The molecule has 1 nitrogen and oxygen atoms in total. The Hall–Kier alpha value is 0.630. The van der Waals surface area contributed by atoms with Crippen molar-refractivity contribution in [3.8, 4) is 0 Å². The van der Waals surface area contributed by atoms with Crippen LogP contribution in [0.25, 0.3) is 0 Å². The number of Topliss-reactive ketones (excluding diaryl/α,β-unsaturated/α-hetero) is 1. The topological polar surface area (TPSA) is 17.1 Å². The highest BCUT2D eigenvalue weighted by Crippen LogP contribution is 2.72. The molecule has 4 saturated carbocycles. The smallest absolute Gasteiger partial charge is 0.133 e. The minimum atomic E-state index is 0.103. The average Bonchev–Trinajstić information content (AvgIpc) is 2.87. The molecule has 0 saturated heterocycles. The molecule has 8 atom stereocenters. The molecule has 0 bridgehead atoms. The molecule has 0 N–H and O–H groups in total. The Kier molecular flexibility index (Phi) is 6.69. The van der Waals surface area contributed by atoms with Crippen molar-refractivity contribution in [2.45, 2.75) is 108 Å². The van der Waals surface area contributed by atoms with Gasteiger partial charge in [0.15, 0.2) is 0 Å². The molecule has 0 amide bonds. The zero-order valence-electron chi connectivity index (χ0n) is 20.0. The van der Waals surface area contributed by atoms with Crippen LogP contribution in [-0.4, -0.2) is 9.02 Å². The molecule has 0 aliphatic heterocycles. The highest BCUT2D eigenvalue weighted by Gasteiger charge is 2.65. The number of rotatable bonds is 5. The lowest BCUT2D eigenvalue weighted by Gasteiger charge is -2.60. The predicted octanol–water partition coefficient (Wildman–Crippen LogP) is 8.77. The molecular formula is C27H44Br2O. The molecule has 1 unspecified atom stereocenters. The van der Waals surface area contributed by atoms with Gasteiger partial charge in [0.25, 0.3) is 0 Å². The third kappa shape index (κ3) is 3.92. The van der Waals surface area contributed by atoms with Crippen molar-refractivity contribution < 1.29 is 4.79 Å². The summed E-state index contributed by atoms with van der Waals surface area (Å²) in [5, 5.41) is 0. The van der Waals surface area contributed by atoms with E-state index in [9.17, 15) is 4.79 Å². The minimum absolute atomic E-state index is 0.103. The Morgan fingerprint density at radius 2 is 1.70 bits per heavy atom. The van der Waals surface area contributed by atoms with Crippen LogP contribution in [0.1, 0.15) is 105 Å². The molecule has 4 aliphatic carbocycles. The summed E-state index contributed by atoms with van der Waals surface area (Å²) in [6, 6.07) is 0. The molecule has 0 heterocycles. The van der Waals surface area contributed by atoms with Gasteiger partial charge in [-0.1, -0.05) is 85.7 Å². The second kappa shape index (κ2) is 8.44. The Labute approximate surface area is 202 Å². The maximum absolute atomic E-state index is 12.2. The molecule has 172 valence electrons. The van der Waals surface area contributed by atoms with Gasteiger partial charge in [0.2, 0.25) is 0 Å². The number of ketones is 1. The minimum Gasteiger partial charge on any atom is -0.300 e. The summed E-state index contributed by atoms with van der Waals surface area (Å²) >= 11 is 8.47. The van der Waals surface area contributed by atoms with Gasteiger partial charge >= 0.3 is 0 Å². The van der Waals surface area contributed by atoms with Crippen LogP contribution in [0.15, 0.2) is 0 Å². The van der Waals surface area contributed by atoms with Crippen LogP contribution in [0.5, 0.6) is 0 Å². The molecule has 0 aromatic rings. The number of hydrogen-bond donors (Lipinski definition) is 0. The average molecular weight is 544 g/mol. The number of alkyl halides is 2. The van der Waals surface area contributed by atoms with Crippen molar-refractivity contribution in [3.05, 3.63) is 0 Å². The Balaban J connectivity index is 1.55. The Morgan fingerprint density at radius 3 is 2.40 bits per heavy atom. The SMILES string of the molecule is CC(C)CCC[C@@H](C)[C@H]1C(Br)(Br)C[C@H]2[C@@H]3CCC4CC(=O)CC[C@]4(C)[C@H]3CC[C@@]21C. The van der Waals surface area contributed by atoms with Gasteiger partial charge in [0, 0.05) is 12.8 Å². The summed E-state index contributed by atoms with van der Waals surface area (Å²) in [5.41, 5.74) is 0.861. The van der Waals surface area contributed by atoms with Gasteiger partial charge in [-0.25, -0.2) is 0 Å². The summed E-state index contributed by atoms with van der Waals surface area (Å²) in [6.07, 6.45) is 13.7. The molecule has 4 rings (SSSR count). The molecule has 0 aromatic carbocycles. The quantitative estimate of drug-likeness (QED) is 0.316. The van der Waals surface area contributed by atoms with Gasteiger partial charge in [0.1, 0.15) is 5.78 Å². The van der Waals surface area contributed by atoms with Gasteiger partial charge in [0.05, 0.1) is 3.23 Å². The lowest BCUT2D eigenvalue weighted by molar-refractivity contribution is -0.140. The van der Waals surface area contributed by atoms with E-state index < -0.39 is 0 Å². The lowest BCUT2D eigenvalue weighted by Crippen LogP contribution is -2.54. The molecule has 4 aliphatic rings. The third-order valence-electron chi connectivity index (χ3n) is 10.6. The second-order valence-corrected chi connectivity index (χ2v) is 16.6. The van der Waals surface area contributed by atoms with Crippen molar-refractivity contribution >= 4 is 37.6 Å². The van der Waals surface area contributed by atoms with Crippen LogP contribution in [0.2, 0.25) is 0 Å². The van der Waals surface area contributed by atoms with E-state index in [0.29, 0.717) is 28.4 Å². The van der Waals surface area contributed by atoms with Crippen LogP contribution >= 0.6 is 31.9 Å². The highest BCUT2D eigenvalue weighted by atomic mass is 79.9. The fourth-order valence-electron chi connectivity index (χ4n) is 9.15. The normalized spacial score (nSPS) is 46.3. The number of halogens is 2. The molecule has 4 fully saturated rings. The van der Waals surface area contributed by atoms with E-state index in [4.69, 9.17) is 0 Å². The van der Waals surface area contributed by atoms with Gasteiger partial charge < -0.3 is 0 Å². The summed E-state index contributed by atoms with van der Waals surface area (Å²) in [6.45, 7) is 12.5. The first kappa shape index (κ1) is 23.8. The Morgan fingerprint density at radius 1 is 0.967 bits per heavy atom. The maximum atomic E-state index is 12.2. The zero-order chi connectivity index (χ0) is 21.9. The fraction of sp³-hybridized carbons (Fsp3) is 0.963. The first-order valence-electron chi connectivity index (χ1n) is 12.9. The van der Waals surface area contributed by atoms with E-state index in [0.717, 1.165) is 48.9 Å². The standard InChI is InChI=1S/C27H44Br2O/c1-17(2)7-6-8-18(3)24-26(5)14-12-22-21(23(26)16-27(24,28)29)10-9-19-15-20(30)11-13-25(19,22)4/h17-19,21-24H,6-16H2,1-5H3/t18-,19?,21-,22+,23+,24-,25+,26+/m1/s1. The fourth-order valence-corrected chi connectivity index (χ4v) is 11.8. The van der Waals surface area contributed by atoms with Crippen LogP contribution in [0.4, 0.5) is 0 Å². The van der Waals surface area contributed by atoms with Gasteiger partial charge in [-0.15, -0.1) is 0 Å². The number of carbonyl (C=O) groups excluding carboxylic acids is 1. The maximum Gasteiger partial charge on any atom is 0.133 e. The van der Waals surface area contributed by atoms with E-state index in [-0.39, 0.29) is 3.23 Å². The number of hydrogen-bond acceptors (Lipinski definition) is 1. The second-order valence-electron chi connectivity index (χ2n) is 12.7. The van der Waals surface area contributed by atoms with E-state index in [1.54, 1.807) is 0 Å². The van der Waals surface area contributed by atoms with E-state index >= 15 is 0 Å². The van der Waals surface area contributed by atoms with Gasteiger partial charge in [-0.2, -0.15) is 0 Å². The van der Waals surface area contributed by atoms with Crippen LogP contribution < -0.4 is 0 Å². The van der Waals surface area contributed by atoms with Crippen molar-refractivity contribution in [2.24, 2.45) is 52.3 Å². The van der Waals surface area contributed by atoms with Crippen molar-refractivity contribution in [2.75, 3.05) is 0 Å². The van der Waals surface area contributed by atoms with E-state index in [2.05, 4.69) is 66.5 Å². The predicted molar refractivity (Wildman–Crippen MR) is 134 cm³/mol.